The molecule has 0 saturated carbocycles. The van der Waals surface area contributed by atoms with E-state index in [4.69, 9.17) is 15.2 Å². The molecule has 6 heteroatoms. The average Bonchev–Trinajstić information content (AvgIpc) is 2.87. The Hall–Kier alpha value is -1.92. The highest BCUT2D eigenvalue weighted by atomic mass is 16.5. The Morgan fingerprint density at radius 2 is 1.87 bits per heavy atom. The normalized spacial score (nSPS) is 24.4. The molecule has 0 amide bonds. The molecule has 1 saturated heterocycles. The van der Waals surface area contributed by atoms with Crippen LogP contribution in [0.2, 0.25) is 0 Å². The third kappa shape index (κ3) is 4.09. The molecule has 1 fully saturated rings. The largest absolute Gasteiger partial charge is 0.465 e. The van der Waals surface area contributed by atoms with Crippen LogP contribution in [0.3, 0.4) is 0 Å². The molecule has 2 atom stereocenters. The molecule has 2 N–H and O–H groups in total. The highest BCUT2D eigenvalue weighted by Crippen LogP contribution is 2.29. The summed E-state index contributed by atoms with van der Waals surface area (Å²) in [5.74, 6) is -0.815. The molecule has 0 radical (unpaired) electrons. The summed E-state index contributed by atoms with van der Waals surface area (Å²) >= 11 is 0. The Morgan fingerprint density at radius 1 is 1.22 bits per heavy atom. The molecule has 0 aromatic heterocycles. The van der Waals surface area contributed by atoms with Crippen LogP contribution in [0.25, 0.3) is 0 Å². The van der Waals surface area contributed by atoms with Crippen molar-refractivity contribution in [2.75, 3.05) is 19.8 Å². The highest BCUT2D eigenvalue weighted by molar-refractivity contribution is 5.85. The van der Waals surface area contributed by atoms with Gasteiger partial charge in [-0.2, -0.15) is 0 Å². The smallest absolute Gasteiger partial charge is 0.327 e. The summed E-state index contributed by atoms with van der Waals surface area (Å²) in [6, 6.07) is 9.22. The van der Waals surface area contributed by atoms with Crippen molar-refractivity contribution in [3.63, 3.8) is 0 Å². The van der Waals surface area contributed by atoms with E-state index in [0.717, 1.165) is 5.56 Å². The minimum absolute atomic E-state index is 0.206. The number of ether oxygens (including phenoxy) is 2. The van der Waals surface area contributed by atoms with Gasteiger partial charge < -0.3 is 15.2 Å². The number of hydrogen-bond acceptors (Lipinski definition) is 6. The van der Waals surface area contributed by atoms with E-state index < -0.39 is 17.6 Å². The molecule has 0 spiro atoms. The number of nitrogens with zero attached hydrogens (tertiary/aromatic N) is 1. The first-order valence-electron chi connectivity index (χ1n) is 7.91. The number of nitrogens with two attached hydrogens (primary N) is 1. The van der Waals surface area contributed by atoms with Gasteiger partial charge in [0.25, 0.3) is 0 Å². The maximum Gasteiger partial charge on any atom is 0.327 e. The maximum absolute atomic E-state index is 12.2. The van der Waals surface area contributed by atoms with E-state index in [2.05, 4.69) is 0 Å². The van der Waals surface area contributed by atoms with E-state index in [-0.39, 0.29) is 25.5 Å². The van der Waals surface area contributed by atoms with E-state index in [9.17, 15) is 9.59 Å². The lowest BCUT2D eigenvalue weighted by Crippen LogP contribution is -2.51. The maximum atomic E-state index is 12.2. The fraction of sp³-hybridized carbons (Fsp3) is 0.529. The number of carbonyl (C=O) groups excluding carboxylic acids is 2. The number of hydrogen-bond donors (Lipinski definition) is 1. The average molecular weight is 320 g/mol. The van der Waals surface area contributed by atoms with Gasteiger partial charge in [0.1, 0.15) is 11.6 Å². The fourth-order valence-corrected chi connectivity index (χ4v) is 2.89. The van der Waals surface area contributed by atoms with Crippen LogP contribution in [0.15, 0.2) is 30.3 Å². The van der Waals surface area contributed by atoms with Crippen molar-refractivity contribution in [2.24, 2.45) is 5.73 Å². The van der Waals surface area contributed by atoms with Gasteiger partial charge in [-0.3, -0.25) is 14.5 Å². The molecule has 1 aliphatic heterocycles. The summed E-state index contributed by atoms with van der Waals surface area (Å²) < 4.78 is 10.2. The van der Waals surface area contributed by atoms with Gasteiger partial charge in [-0.05, 0) is 19.4 Å². The van der Waals surface area contributed by atoms with Crippen LogP contribution < -0.4 is 5.73 Å². The van der Waals surface area contributed by atoms with Gasteiger partial charge in [-0.1, -0.05) is 30.3 Å². The molecular formula is C17H24N2O4. The van der Waals surface area contributed by atoms with Crippen molar-refractivity contribution in [3.8, 4) is 0 Å². The highest BCUT2D eigenvalue weighted by Gasteiger charge is 2.50. The van der Waals surface area contributed by atoms with E-state index in [1.165, 1.54) is 0 Å². The molecule has 0 unspecified atom stereocenters. The molecule has 6 nitrogen and oxygen atoms in total. The van der Waals surface area contributed by atoms with Gasteiger partial charge in [0.15, 0.2) is 0 Å². The van der Waals surface area contributed by atoms with E-state index in [1.54, 1.807) is 13.8 Å². The molecule has 1 heterocycles. The fourth-order valence-electron chi connectivity index (χ4n) is 2.89. The third-order valence-corrected chi connectivity index (χ3v) is 3.95. The second kappa shape index (κ2) is 7.57. The minimum atomic E-state index is -1.18. The lowest BCUT2D eigenvalue weighted by atomic mass is 9.97. The quantitative estimate of drug-likeness (QED) is 0.790. The van der Waals surface area contributed by atoms with E-state index in [1.807, 2.05) is 35.2 Å². The van der Waals surface area contributed by atoms with Crippen molar-refractivity contribution in [1.29, 1.82) is 0 Å². The van der Waals surface area contributed by atoms with Crippen LogP contribution in [0.4, 0.5) is 0 Å². The summed E-state index contributed by atoms with van der Waals surface area (Å²) in [5, 5.41) is 0. The molecule has 0 bridgehead atoms. The molecule has 1 aromatic carbocycles. The Bertz CT molecular complexity index is 549. The summed E-state index contributed by atoms with van der Waals surface area (Å²) in [4.78, 5) is 26.3. The monoisotopic (exact) mass is 320 g/mol. The molecule has 126 valence electrons. The minimum Gasteiger partial charge on any atom is -0.465 e. The predicted octanol–water partition coefficient (Wildman–Crippen LogP) is 1.08. The van der Waals surface area contributed by atoms with Crippen LogP contribution in [0.5, 0.6) is 0 Å². The third-order valence-electron chi connectivity index (χ3n) is 3.95. The predicted molar refractivity (Wildman–Crippen MR) is 85.4 cm³/mol. The number of likely N-dealkylation sites (tertiary alicyclic amines) is 1. The van der Waals surface area contributed by atoms with Gasteiger partial charge in [0.05, 0.1) is 13.2 Å². The molecular weight excluding hydrogens is 296 g/mol. The second-order valence-electron chi connectivity index (χ2n) is 5.74. The van der Waals surface area contributed by atoms with Crippen LogP contribution >= 0.6 is 0 Å². The summed E-state index contributed by atoms with van der Waals surface area (Å²) in [6.45, 7) is 4.86. The van der Waals surface area contributed by atoms with Crippen LogP contribution in [-0.2, 0) is 25.6 Å². The molecule has 2 rings (SSSR count). The Labute approximate surface area is 136 Å². The van der Waals surface area contributed by atoms with Crippen molar-refractivity contribution in [1.82, 2.24) is 4.90 Å². The van der Waals surface area contributed by atoms with Gasteiger partial charge >= 0.3 is 11.9 Å². The zero-order valence-corrected chi connectivity index (χ0v) is 13.7. The topological polar surface area (TPSA) is 81.9 Å². The number of rotatable bonds is 6. The first kappa shape index (κ1) is 17.4. The Balaban J connectivity index is 2.18. The second-order valence-corrected chi connectivity index (χ2v) is 5.74. The van der Waals surface area contributed by atoms with Crippen LogP contribution in [0, 0.1) is 0 Å². The zero-order chi connectivity index (χ0) is 16.9. The van der Waals surface area contributed by atoms with E-state index in [0.29, 0.717) is 13.2 Å². The van der Waals surface area contributed by atoms with Crippen molar-refractivity contribution in [2.45, 2.75) is 38.4 Å². The van der Waals surface area contributed by atoms with Crippen LogP contribution in [-0.4, -0.2) is 48.2 Å². The zero-order valence-electron chi connectivity index (χ0n) is 13.7. The van der Waals surface area contributed by atoms with Crippen molar-refractivity contribution in [3.05, 3.63) is 35.9 Å². The number of carbonyl (C=O) groups is 2. The van der Waals surface area contributed by atoms with Gasteiger partial charge in [0, 0.05) is 19.5 Å². The molecule has 1 aromatic rings. The van der Waals surface area contributed by atoms with Gasteiger partial charge in [0.2, 0.25) is 0 Å². The molecule has 1 aliphatic rings. The standard InChI is InChI=1S/C17H24N2O4/c1-3-22-15(20)14-10-17(18,16(21)23-4-2)12-19(14)11-13-8-6-5-7-9-13/h5-9,14H,3-4,10-12,18H2,1-2H3/t14-,17-/m1/s1. The van der Waals surface area contributed by atoms with Crippen LogP contribution in [0.1, 0.15) is 25.8 Å². The summed E-state index contributed by atoms with van der Waals surface area (Å²) in [5.41, 5.74) is 6.11. The number of benzene rings is 1. The van der Waals surface area contributed by atoms with Crippen molar-refractivity contribution < 1.29 is 19.1 Å². The van der Waals surface area contributed by atoms with Crippen molar-refractivity contribution >= 4 is 11.9 Å². The lowest BCUT2D eigenvalue weighted by Gasteiger charge is -2.23. The first-order valence-corrected chi connectivity index (χ1v) is 7.91. The Morgan fingerprint density at radius 3 is 2.48 bits per heavy atom. The summed E-state index contributed by atoms with van der Waals surface area (Å²) in [7, 11) is 0. The summed E-state index contributed by atoms with van der Waals surface area (Å²) in [6.07, 6.45) is 0.206. The van der Waals surface area contributed by atoms with Gasteiger partial charge in [-0.15, -0.1) is 0 Å². The first-order chi connectivity index (χ1) is 11.0. The molecule has 0 aliphatic carbocycles. The van der Waals surface area contributed by atoms with Gasteiger partial charge in [-0.25, -0.2) is 0 Å². The van der Waals surface area contributed by atoms with E-state index >= 15 is 0 Å². The lowest BCUT2D eigenvalue weighted by molar-refractivity contribution is -0.149. The number of esters is 2. The Kier molecular flexibility index (Phi) is 5.74. The SMILES string of the molecule is CCOC(=O)[C@H]1C[C@](N)(C(=O)OCC)CN1Cc1ccccc1. The molecule has 23 heavy (non-hydrogen) atoms.